The minimum atomic E-state index is -0.975. The molecule has 0 saturated heterocycles. The van der Waals surface area contributed by atoms with Gasteiger partial charge >= 0.3 is 5.97 Å². The first-order valence-corrected chi connectivity index (χ1v) is 7.01. The van der Waals surface area contributed by atoms with Crippen molar-refractivity contribution >= 4 is 17.7 Å². The molecule has 0 radical (unpaired) electrons. The third kappa shape index (κ3) is 2.63. The number of imidazole rings is 1. The van der Waals surface area contributed by atoms with Crippen LogP contribution < -0.4 is 0 Å². The van der Waals surface area contributed by atoms with Crippen molar-refractivity contribution in [3.8, 4) is 11.3 Å². The highest BCUT2D eigenvalue weighted by Crippen LogP contribution is 2.26. The summed E-state index contributed by atoms with van der Waals surface area (Å²) >= 11 is 0. The molecule has 0 spiro atoms. The molecule has 4 nitrogen and oxygen atoms in total. The number of aliphatic carboxylic acids is 1. The molecule has 0 saturated carbocycles. The fourth-order valence-electron chi connectivity index (χ4n) is 2.40. The summed E-state index contributed by atoms with van der Waals surface area (Å²) in [7, 11) is 0. The second kappa shape index (κ2) is 5.48. The van der Waals surface area contributed by atoms with Crippen molar-refractivity contribution in [2.75, 3.05) is 0 Å². The summed E-state index contributed by atoms with van der Waals surface area (Å²) in [6.45, 7) is 4.03. The first-order valence-electron chi connectivity index (χ1n) is 7.01. The van der Waals surface area contributed by atoms with Crippen molar-refractivity contribution in [3.05, 3.63) is 65.5 Å². The molecule has 0 aliphatic heterocycles. The zero-order chi connectivity index (χ0) is 15.7. The van der Waals surface area contributed by atoms with Gasteiger partial charge in [0.05, 0.1) is 11.4 Å². The van der Waals surface area contributed by atoms with Crippen LogP contribution in [0.1, 0.15) is 16.8 Å². The van der Waals surface area contributed by atoms with E-state index in [1.165, 1.54) is 5.56 Å². The SMILES string of the molecule is Cc1ccc(-c2nc3ccc(C)cn3c2C=CC(=O)O)cc1. The number of benzene rings is 1. The molecule has 0 amide bonds. The van der Waals surface area contributed by atoms with Crippen LogP contribution in [0, 0.1) is 13.8 Å². The van der Waals surface area contributed by atoms with Crippen molar-refractivity contribution in [1.82, 2.24) is 9.38 Å². The largest absolute Gasteiger partial charge is 0.478 e. The average Bonchev–Trinajstić information content (AvgIpc) is 2.83. The van der Waals surface area contributed by atoms with Gasteiger partial charge in [0.25, 0.3) is 0 Å². The Kier molecular flexibility index (Phi) is 3.51. The Balaban J connectivity index is 2.26. The zero-order valence-electron chi connectivity index (χ0n) is 12.4. The summed E-state index contributed by atoms with van der Waals surface area (Å²) in [5.41, 5.74) is 5.58. The number of pyridine rings is 1. The Morgan fingerprint density at radius 3 is 2.45 bits per heavy atom. The molecule has 0 aliphatic carbocycles. The number of rotatable bonds is 3. The molecular formula is C18H16N2O2. The third-order valence-electron chi connectivity index (χ3n) is 3.51. The van der Waals surface area contributed by atoms with E-state index in [4.69, 9.17) is 5.11 Å². The maximum absolute atomic E-state index is 10.9. The Morgan fingerprint density at radius 1 is 1.09 bits per heavy atom. The number of aryl methyl sites for hydroxylation is 2. The lowest BCUT2D eigenvalue weighted by atomic mass is 10.1. The van der Waals surface area contributed by atoms with E-state index in [9.17, 15) is 4.79 Å². The summed E-state index contributed by atoms with van der Waals surface area (Å²) in [5.74, 6) is -0.975. The van der Waals surface area contributed by atoms with E-state index in [0.717, 1.165) is 34.2 Å². The van der Waals surface area contributed by atoms with Gasteiger partial charge in [0.15, 0.2) is 0 Å². The zero-order valence-corrected chi connectivity index (χ0v) is 12.4. The van der Waals surface area contributed by atoms with Gasteiger partial charge < -0.3 is 5.11 Å². The fraction of sp³-hybridized carbons (Fsp3) is 0.111. The predicted octanol–water partition coefficient (Wildman–Crippen LogP) is 3.72. The maximum atomic E-state index is 10.9. The first-order chi connectivity index (χ1) is 10.5. The van der Waals surface area contributed by atoms with Crippen molar-refractivity contribution in [2.24, 2.45) is 0 Å². The molecular weight excluding hydrogens is 276 g/mol. The monoisotopic (exact) mass is 292 g/mol. The minimum absolute atomic E-state index is 0.768. The molecule has 1 N–H and O–H groups in total. The molecule has 0 fully saturated rings. The molecule has 0 atom stereocenters. The standard InChI is InChI=1S/C18H16N2O2/c1-12-3-6-14(7-4-12)18-15(8-10-17(21)22)20-11-13(2)5-9-16(20)19-18/h3-11H,1-2H3,(H,21,22). The molecule has 1 aromatic carbocycles. The van der Waals surface area contributed by atoms with E-state index in [2.05, 4.69) is 4.98 Å². The van der Waals surface area contributed by atoms with Gasteiger partial charge in [-0.25, -0.2) is 9.78 Å². The quantitative estimate of drug-likeness (QED) is 0.749. The summed E-state index contributed by atoms with van der Waals surface area (Å²) in [6.07, 6.45) is 4.70. The summed E-state index contributed by atoms with van der Waals surface area (Å²) in [6, 6.07) is 12.0. The van der Waals surface area contributed by atoms with Crippen LogP contribution in [0.4, 0.5) is 0 Å². The number of carbonyl (C=O) groups is 1. The topological polar surface area (TPSA) is 54.6 Å². The van der Waals surface area contributed by atoms with E-state index in [-0.39, 0.29) is 0 Å². The lowest BCUT2D eigenvalue weighted by Crippen LogP contribution is -1.92. The van der Waals surface area contributed by atoms with Crippen molar-refractivity contribution in [2.45, 2.75) is 13.8 Å². The lowest BCUT2D eigenvalue weighted by molar-refractivity contribution is -0.131. The van der Waals surface area contributed by atoms with Crippen LogP contribution in [-0.2, 0) is 4.79 Å². The number of nitrogens with zero attached hydrogens (tertiary/aromatic N) is 2. The normalized spacial score (nSPS) is 11.4. The molecule has 3 rings (SSSR count). The Morgan fingerprint density at radius 2 is 1.77 bits per heavy atom. The van der Waals surface area contributed by atoms with E-state index in [1.54, 1.807) is 6.08 Å². The van der Waals surface area contributed by atoms with Gasteiger partial charge in [-0.1, -0.05) is 35.9 Å². The number of fused-ring (bicyclic) bond motifs is 1. The third-order valence-corrected chi connectivity index (χ3v) is 3.51. The second-order valence-corrected chi connectivity index (χ2v) is 5.32. The van der Waals surface area contributed by atoms with Crippen LogP contribution in [0.2, 0.25) is 0 Å². The van der Waals surface area contributed by atoms with Gasteiger partial charge in [-0.3, -0.25) is 4.40 Å². The Bertz CT molecular complexity index is 874. The van der Waals surface area contributed by atoms with Gasteiger partial charge in [0.2, 0.25) is 0 Å². The van der Waals surface area contributed by atoms with Crippen LogP contribution in [0.25, 0.3) is 23.0 Å². The smallest absolute Gasteiger partial charge is 0.328 e. The van der Waals surface area contributed by atoms with Crippen LogP contribution in [0.5, 0.6) is 0 Å². The molecule has 4 heteroatoms. The number of carboxylic acids is 1. The molecule has 22 heavy (non-hydrogen) atoms. The number of hydrogen-bond acceptors (Lipinski definition) is 2. The second-order valence-electron chi connectivity index (χ2n) is 5.32. The molecule has 0 aliphatic rings. The predicted molar refractivity (Wildman–Crippen MR) is 86.8 cm³/mol. The number of hydrogen-bond donors (Lipinski definition) is 1. The van der Waals surface area contributed by atoms with Crippen LogP contribution in [0.3, 0.4) is 0 Å². The highest BCUT2D eigenvalue weighted by Gasteiger charge is 2.12. The average molecular weight is 292 g/mol. The molecule has 0 unspecified atom stereocenters. The molecule has 2 heterocycles. The Hall–Kier alpha value is -2.88. The van der Waals surface area contributed by atoms with Gasteiger partial charge in [-0.15, -0.1) is 0 Å². The van der Waals surface area contributed by atoms with E-state index in [1.807, 2.05) is 60.8 Å². The van der Waals surface area contributed by atoms with Crippen LogP contribution in [-0.4, -0.2) is 20.5 Å². The van der Waals surface area contributed by atoms with E-state index >= 15 is 0 Å². The lowest BCUT2D eigenvalue weighted by Gasteiger charge is -2.02. The molecule has 110 valence electrons. The van der Waals surface area contributed by atoms with E-state index in [0.29, 0.717) is 0 Å². The molecule has 2 aromatic heterocycles. The van der Waals surface area contributed by atoms with Crippen molar-refractivity contribution in [1.29, 1.82) is 0 Å². The first kappa shape index (κ1) is 14.1. The number of aromatic nitrogens is 2. The highest BCUT2D eigenvalue weighted by atomic mass is 16.4. The van der Waals surface area contributed by atoms with E-state index < -0.39 is 5.97 Å². The van der Waals surface area contributed by atoms with Crippen LogP contribution >= 0.6 is 0 Å². The molecule has 3 aromatic rings. The van der Waals surface area contributed by atoms with Gasteiger partial charge in [-0.2, -0.15) is 0 Å². The van der Waals surface area contributed by atoms with Gasteiger partial charge in [-0.05, 0) is 31.6 Å². The van der Waals surface area contributed by atoms with Crippen molar-refractivity contribution < 1.29 is 9.90 Å². The molecule has 0 bridgehead atoms. The summed E-state index contributed by atoms with van der Waals surface area (Å²) in [5, 5.41) is 8.92. The summed E-state index contributed by atoms with van der Waals surface area (Å²) in [4.78, 5) is 15.5. The maximum Gasteiger partial charge on any atom is 0.328 e. The highest BCUT2D eigenvalue weighted by molar-refractivity contribution is 5.87. The number of carboxylic acid groups (broad SMARTS) is 1. The van der Waals surface area contributed by atoms with Crippen LogP contribution in [0.15, 0.2) is 48.7 Å². The minimum Gasteiger partial charge on any atom is -0.478 e. The summed E-state index contributed by atoms with van der Waals surface area (Å²) < 4.78 is 1.92. The Labute approximate surface area is 128 Å². The van der Waals surface area contributed by atoms with Crippen molar-refractivity contribution in [3.63, 3.8) is 0 Å². The fourth-order valence-corrected chi connectivity index (χ4v) is 2.40. The van der Waals surface area contributed by atoms with Gasteiger partial charge in [0.1, 0.15) is 5.65 Å². The van der Waals surface area contributed by atoms with Gasteiger partial charge in [0, 0.05) is 17.8 Å².